The lowest BCUT2D eigenvalue weighted by Gasteiger charge is -2.11. The molecule has 0 amide bonds. The summed E-state index contributed by atoms with van der Waals surface area (Å²) in [4.78, 5) is 0. The molecule has 15 heavy (non-hydrogen) atoms. The minimum absolute atomic E-state index is 0.0449. The number of hydrogen-bond donors (Lipinski definition) is 2. The first kappa shape index (κ1) is 10.3. The first-order valence-electron chi connectivity index (χ1n) is 4.85. The topological polar surface area (TPSA) is 56.0 Å². The van der Waals surface area contributed by atoms with Crippen molar-refractivity contribution in [1.82, 2.24) is 5.32 Å². The number of rotatable bonds is 3. The molecule has 0 heterocycles. The number of nitriles is 1. The normalized spacial score (nSPS) is 17.1. The van der Waals surface area contributed by atoms with Crippen LogP contribution in [0.25, 0.3) is 0 Å². The van der Waals surface area contributed by atoms with E-state index in [4.69, 9.17) is 16.9 Å². The molecule has 1 unspecified atom stereocenters. The van der Waals surface area contributed by atoms with Crippen LogP contribution in [-0.4, -0.2) is 11.1 Å². The molecular formula is C11H11ClN2O. The molecule has 0 bridgehead atoms. The summed E-state index contributed by atoms with van der Waals surface area (Å²) in [6.45, 7) is 0. The Morgan fingerprint density at radius 3 is 2.80 bits per heavy atom. The van der Waals surface area contributed by atoms with E-state index in [0.29, 0.717) is 6.04 Å². The maximum absolute atomic E-state index is 9.26. The fraction of sp³-hybridized carbons (Fsp3) is 0.364. The molecule has 0 spiro atoms. The molecule has 4 heteroatoms. The Morgan fingerprint density at radius 1 is 1.53 bits per heavy atom. The Hall–Kier alpha value is -1.24. The third kappa shape index (κ3) is 2.41. The summed E-state index contributed by atoms with van der Waals surface area (Å²) < 4.78 is 0. The zero-order chi connectivity index (χ0) is 10.8. The van der Waals surface area contributed by atoms with Gasteiger partial charge in [0.25, 0.3) is 0 Å². The standard InChI is InChI=1S/C11H11ClN2O/c12-9-5-7(1-4-11(9)15)10(6-13)14-8-2-3-8/h1,4-5,8,10,14-15H,2-3H2. The lowest BCUT2D eigenvalue weighted by molar-refractivity contribution is 0.475. The average Bonchev–Trinajstić information content (AvgIpc) is 3.02. The van der Waals surface area contributed by atoms with Crippen molar-refractivity contribution < 1.29 is 5.11 Å². The van der Waals surface area contributed by atoms with Crippen molar-refractivity contribution >= 4 is 11.6 Å². The highest BCUT2D eigenvalue weighted by Crippen LogP contribution is 2.28. The Balaban J connectivity index is 2.18. The van der Waals surface area contributed by atoms with Crippen LogP contribution in [-0.2, 0) is 0 Å². The van der Waals surface area contributed by atoms with Gasteiger partial charge >= 0.3 is 0 Å². The van der Waals surface area contributed by atoms with Gasteiger partial charge in [-0.25, -0.2) is 0 Å². The van der Waals surface area contributed by atoms with Crippen molar-refractivity contribution in [3.8, 4) is 11.8 Å². The highest BCUT2D eigenvalue weighted by Gasteiger charge is 2.25. The molecule has 0 aliphatic heterocycles. The number of nitrogens with zero attached hydrogens (tertiary/aromatic N) is 1. The molecule has 0 aromatic heterocycles. The molecule has 1 aliphatic rings. The summed E-state index contributed by atoms with van der Waals surface area (Å²) in [5.74, 6) is 0.0449. The van der Waals surface area contributed by atoms with Crippen LogP contribution in [0.3, 0.4) is 0 Å². The largest absolute Gasteiger partial charge is 0.506 e. The van der Waals surface area contributed by atoms with Crippen LogP contribution in [0, 0.1) is 11.3 Å². The van der Waals surface area contributed by atoms with Crippen molar-refractivity contribution in [2.75, 3.05) is 0 Å². The van der Waals surface area contributed by atoms with Crippen LogP contribution < -0.4 is 5.32 Å². The van der Waals surface area contributed by atoms with Crippen molar-refractivity contribution in [1.29, 1.82) is 5.26 Å². The highest BCUT2D eigenvalue weighted by molar-refractivity contribution is 6.32. The van der Waals surface area contributed by atoms with Crippen molar-refractivity contribution in [3.63, 3.8) is 0 Å². The Morgan fingerprint density at radius 2 is 2.27 bits per heavy atom. The van der Waals surface area contributed by atoms with E-state index in [1.54, 1.807) is 12.1 Å². The molecule has 0 saturated heterocycles. The maximum Gasteiger partial charge on any atom is 0.134 e. The zero-order valence-corrected chi connectivity index (χ0v) is 8.83. The van der Waals surface area contributed by atoms with Crippen molar-refractivity contribution in [3.05, 3.63) is 28.8 Å². The van der Waals surface area contributed by atoms with Gasteiger partial charge in [0.05, 0.1) is 11.1 Å². The first-order chi connectivity index (χ1) is 7.20. The highest BCUT2D eigenvalue weighted by atomic mass is 35.5. The summed E-state index contributed by atoms with van der Waals surface area (Å²) in [6.07, 6.45) is 2.26. The Bertz CT molecular complexity index is 410. The van der Waals surface area contributed by atoms with Gasteiger partial charge < -0.3 is 5.11 Å². The lowest BCUT2D eigenvalue weighted by atomic mass is 10.1. The first-order valence-corrected chi connectivity index (χ1v) is 5.22. The lowest BCUT2D eigenvalue weighted by Crippen LogP contribution is -2.21. The molecule has 3 nitrogen and oxygen atoms in total. The quantitative estimate of drug-likeness (QED) is 0.826. The molecular weight excluding hydrogens is 212 g/mol. The van der Waals surface area contributed by atoms with Gasteiger partial charge in [0.15, 0.2) is 0 Å². The van der Waals surface area contributed by atoms with E-state index >= 15 is 0 Å². The van der Waals surface area contributed by atoms with Gasteiger partial charge in [0, 0.05) is 6.04 Å². The zero-order valence-electron chi connectivity index (χ0n) is 8.07. The van der Waals surface area contributed by atoms with E-state index in [9.17, 15) is 5.11 Å². The minimum Gasteiger partial charge on any atom is -0.506 e. The summed E-state index contributed by atoms with van der Waals surface area (Å²) in [5, 5.41) is 21.7. The van der Waals surface area contributed by atoms with Crippen molar-refractivity contribution in [2.24, 2.45) is 0 Å². The molecule has 78 valence electrons. The number of halogens is 1. The fourth-order valence-electron chi connectivity index (χ4n) is 1.40. The van der Waals surface area contributed by atoms with E-state index in [1.165, 1.54) is 6.07 Å². The molecule has 2 rings (SSSR count). The van der Waals surface area contributed by atoms with Crippen LogP contribution in [0.15, 0.2) is 18.2 Å². The number of hydrogen-bond acceptors (Lipinski definition) is 3. The molecule has 1 aromatic carbocycles. The van der Waals surface area contributed by atoms with Crippen LogP contribution in [0.5, 0.6) is 5.75 Å². The summed E-state index contributed by atoms with van der Waals surface area (Å²) in [6, 6.07) is 7.16. The van der Waals surface area contributed by atoms with Crippen LogP contribution >= 0.6 is 11.6 Å². The van der Waals surface area contributed by atoms with E-state index in [1.807, 2.05) is 0 Å². The van der Waals surface area contributed by atoms with E-state index in [0.717, 1.165) is 18.4 Å². The number of aromatic hydroxyl groups is 1. The van der Waals surface area contributed by atoms with Gasteiger partial charge in [0.1, 0.15) is 11.8 Å². The number of benzene rings is 1. The fourth-order valence-corrected chi connectivity index (χ4v) is 1.59. The predicted molar refractivity (Wildman–Crippen MR) is 57.6 cm³/mol. The van der Waals surface area contributed by atoms with E-state index in [2.05, 4.69) is 11.4 Å². The van der Waals surface area contributed by atoms with Gasteiger partial charge in [-0.15, -0.1) is 0 Å². The molecule has 1 fully saturated rings. The third-order valence-electron chi connectivity index (χ3n) is 2.41. The number of nitrogens with one attached hydrogen (secondary N) is 1. The SMILES string of the molecule is N#CC(NC1CC1)c1ccc(O)c(Cl)c1. The Labute approximate surface area is 93.3 Å². The molecule has 2 N–H and O–H groups in total. The van der Waals surface area contributed by atoms with Crippen LogP contribution in [0.4, 0.5) is 0 Å². The van der Waals surface area contributed by atoms with Crippen LogP contribution in [0.2, 0.25) is 5.02 Å². The molecule has 1 saturated carbocycles. The number of phenols is 1. The van der Waals surface area contributed by atoms with Gasteiger partial charge in [-0.05, 0) is 30.5 Å². The van der Waals surface area contributed by atoms with Gasteiger partial charge in [-0.3, -0.25) is 5.32 Å². The number of phenolic OH excluding ortho intramolecular Hbond substituents is 1. The third-order valence-corrected chi connectivity index (χ3v) is 2.72. The van der Waals surface area contributed by atoms with Crippen molar-refractivity contribution in [2.45, 2.75) is 24.9 Å². The summed E-state index contributed by atoms with van der Waals surface area (Å²) >= 11 is 5.78. The van der Waals surface area contributed by atoms with Gasteiger partial charge in [-0.1, -0.05) is 17.7 Å². The predicted octanol–water partition coefficient (Wildman–Crippen LogP) is 2.36. The van der Waals surface area contributed by atoms with Gasteiger partial charge in [-0.2, -0.15) is 5.26 Å². The minimum atomic E-state index is -0.337. The molecule has 1 aliphatic carbocycles. The summed E-state index contributed by atoms with van der Waals surface area (Å²) in [5.41, 5.74) is 0.798. The van der Waals surface area contributed by atoms with Crippen LogP contribution in [0.1, 0.15) is 24.4 Å². The average molecular weight is 223 g/mol. The smallest absolute Gasteiger partial charge is 0.134 e. The Kier molecular flexibility index (Phi) is 2.81. The van der Waals surface area contributed by atoms with Gasteiger partial charge in [0.2, 0.25) is 0 Å². The molecule has 1 aromatic rings. The molecule has 0 radical (unpaired) electrons. The maximum atomic E-state index is 9.26. The second kappa shape index (κ2) is 4.09. The second-order valence-corrected chi connectivity index (χ2v) is 4.12. The van der Waals surface area contributed by atoms with E-state index in [-0.39, 0.29) is 16.8 Å². The molecule has 1 atom stereocenters. The monoisotopic (exact) mass is 222 g/mol. The second-order valence-electron chi connectivity index (χ2n) is 3.71. The van der Waals surface area contributed by atoms with E-state index < -0.39 is 0 Å². The summed E-state index contributed by atoms with van der Waals surface area (Å²) in [7, 11) is 0.